The van der Waals surface area contributed by atoms with Crippen LogP contribution < -0.4 is 4.74 Å². The van der Waals surface area contributed by atoms with Gasteiger partial charge >= 0.3 is 0 Å². The number of aryl methyl sites for hydroxylation is 1. The largest absolute Gasteiger partial charge is 0.494 e. The van der Waals surface area contributed by atoms with Crippen LogP contribution in [0.2, 0.25) is 0 Å². The molecule has 21 heavy (non-hydrogen) atoms. The van der Waals surface area contributed by atoms with Crippen LogP contribution in [0, 0.1) is 5.92 Å². The van der Waals surface area contributed by atoms with Crippen LogP contribution in [0.3, 0.4) is 0 Å². The number of aliphatic hydroxyl groups is 1. The lowest BCUT2D eigenvalue weighted by atomic mass is 10.1. The minimum absolute atomic E-state index is 0.210. The lowest BCUT2D eigenvalue weighted by Gasteiger charge is -2.17. The third-order valence-electron chi connectivity index (χ3n) is 4.06. The Kier molecular flexibility index (Phi) is 6.05. The number of amides is 1. The van der Waals surface area contributed by atoms with Crippen LogP contribution in [0.1, 0.15) is 31.7 Å². The molecule has 0 bridgehead atoms. The quantitative estimate of drug-likeness (QED) is 0.838. The monoisotopic (exact) mass is 291 g/mol. The summed E-state index contributed by atoms with van der Waals surface area (Å²) in [6, 6.07) is 7.92. The molecule has 4 heteroatoms. The second-order valence-corrected chi connectivity index (χ2v) is 5.55. The number of carbonyl (C=O) groups excluding carboxylic acids is 1. The number of likely N-dealkylation sites (tertiary alicyclic amines) is 1. The molecule has 1 aliphatic heterocycles. The van der Waals surface area contributed by atoms with Gasteiger partial charge in [0.2, 0.25) is 5.91 Å². The summed E-state index contributed by atoms with van der Waals surface area (Å²) in [5.41, 5.74) is 1.10. The van der Waals surface area contributed by atoms with Crippen molar-refractivity contribution < 1.29 is 14.6 Å². The highest BCUT2D eigenvalue weighted by atomic mass is 16.5. The molecule has 0 spiro atoms. The van der Waals surface area contributed by atoms with Crippen molar-refractivity contribution in [3.63, 3.8) is 0 Å². The Morgan fingerprint density at radius 2 is 2.24 bits per heavy atom. The van der Waals surface area contributed by atoms with E-state index < -0.39 is 0 Å². The van der Waals surface area contributed by atoms with Crippen LogP contribution in [0.15, 0.2) is 24.3 Å². The van der Waals surface area contributed by atoms with Gasteiger partial charge < -0.3 is 14.7 Å². The van der Waals surface area contributed by atoms with Crippen molar-refractivity contribution in [1.82, 2.24) is 4.90 Å². The molecule has 1 atom stereocenters. The summed E-state index contributed by atoms with van der Waals surface area (Å²) in [5, 5.41) is 8.97. The number of hydrogen-bond donors (Lipinski definition) is 1. The number of ether oxygens (including phenoxy) is 1. The van der Waals surface area contributed by atoms with E-state index in [4.69, 9.17) is 9.84 Å². The molecule has 1 fully saturated rings. The van der Waals surface area contributed by atoms with Crippen molar-refractivity contribution in [3.8, 4) is 5.75 Å². The van der Waals surface area contributed by atoms with E-state index in [1.165, 1.54) is 0 Å². The van der Waals surface area contributed by atoms with Crippen LogP contribution in [-0.2, 0) is 11.2 Å². The molecule has 2 rings (SSSR count). The van der Waals surface area contributed by atoms with Crippen molar-refractivity contribution in [3.05, 3.63) is 29.8 Å². The van der Waals surface area contributed by atoms with Crippen molar-refractivity contribution in [2.24, 2.45) is 5.92 Å². The molecule has 4 nitrogen and oxygen atoms in total. The summed E-state index contributed by atoms with van der Waals surface area (Å²) in [4.78, 5) is 14.2. The predicted octanol–water partition coefficient (Wildman–Crippen LogP) is 2.25. The van der Waals surface area contributed by atoms with Crippen molar-refractivity contribution in [2.45, 2.75) is 32.6 Å². The highest BCUT2D eigenvalue weighted by Crippen LogP contribution is 2.22. The Labute approximate surface area is 126 Å². The van der Waals surface area contributed by atoms with Gasteiger partial charge in [-0.15, -0.1) is 0 Å². The summed E-state index contributed by atoms with van der Waals surface area (Å²) < 4.78 is 5.59. The number of rotatable bonds is 7. The van der Waals surface area contributed by atoms with E-state index in [-0.39, 0.29) is 12.5 Å². The molecule has 1 unspecified atom stereocenters. The normalized spacial score (nSPS) is 18.0. The maximum atomic E-state index is 12.3. The maximum absolute atomic E-state index is 12.3. The second kappa shape index (κ2) is 8.03. The first-order valence-electron chi connectivity index (χ1n) is 7.84. The molecule has 1 aliphatic rings. The third kappa shape index (κ3) is 4.46. The lowest BCUT2D eigenvalue weighted by molar-refractivity contribution is -0.130. The van der Waals surface area contributed by atoms with Gasteiger partial charge in [0.05, 0.1) is 6.61 Å². The number of nitrogens with zero attached hydrogens (tertiary/aromatic N) is 1. The molecular formula is C17H25NO3. The Hall–Kier alpha value is -1.55. The van der Waals surface area contributed by atoms with E-state index in [0.29, 0.717) is 18.9 Å². The third-order valence-corrected chi connectivity index (χ3v) is 4.06. The molecule has 0 radical (unpaired) electrons. The molecule has 1 aromatic rings. The topological polar surface area (TPSA) is 49.8 Å². The first-order valence-corrected chi connectivity index (χ1v) is 7.84. The molecule has 1 amide bonds. The number of carbonyl (C=O) groups is 1. The fourth-order valence-corrected chi connectivity index (χ4v) is 2.88. The lowest BCUT2D eigenvalue weighted by Crippen LogP contribution is -2.29. The summed E-state index contributed by atoms with van der Waals surface area (Å²) in [5.74, 6) is 1.56. The Morgan fingerprint density at radius 3 is 3.00 bits per heavy atom. The number of hydrogen-bond acceptors (Lipinski definition) is 3. The molecule has 116 valence electrons. The minimum atomic E-state index is 0.210. The Balaban J connectivity index is 1.84. The van der Waals surface area contributed by atoms with Gasteiger partial charge in [-0.1, -0.05) is 18.2 Å². The molecule has 0 aliphatic carbocycles. The zero-order chi connectivity index (χ0) is 15.1. The molecule has 0 saturated carbocycles. The van der Waals surface area contributed by atoms with E-state index in [1.807, 2.05) is 36.1 Å². The first-order chi connectivity index (χ1) is 10.2. The average molecular weight is 291 g/mol. The van der Waals surface area contributed by atoms with Crippen LogP contribution in [0.25, 0.3) is 0 Å². The van der Waals surface area contributed by atoms with Crippen molar-refractivity contribution in [1.29, 1.82) is 0 Å². The molecule has 1 heterocycles. The number of para-hydroxylation sites is 1. The van der Waals surface area contributed by atoms with Crippen molar-refractivity contribution >= 4 is 5.91 Å². The molecule has 1 saturated heterocycles. The van der Waals surface area contributed by atoms with E-state index in [9.17, 15) is 4.79 Å². The van der Waals surface area contributed by atoms with Crippen LogP contribution >= 0.6 is 0 Å². The highest BCUT2D eigenvalue weighted by molar-refractivity contribution is 5.76. The molecule has 0 aromatic heterocycles. The van der Waals surface area contributed by atoms with Crippen molar-refractivity contribution in [2.75, 3.05) is 26.3 Å². The van der Waals surface area contributed by atoms with E-state index in [1.54, 1.807) is 0 Å². The molecular weight excluding hydrogens is 266 g/mol. The van der Waals surface area contributed by atoms with Gasteiger partial charge in [-0.3, -0.25) is 4.79 Å². The SMILES string of the molecule is CCOc1ccccc1CCC(=O)N1CCC(CCO)C1. The summed E-state index contributed by atoms with van der Waals surface area (Å²) in [6.45, 7) is 4.45. The van der Waals surface area contributed by atoms with E-state index in [2.05, 4.69) is 0 Å². The van der Waals surface area contributed by atoms with Gasteiger partial charge in [-0.2, -0.15) is 0 Å². The zero-order valence-electron chi connectivity index (χ0n) is 12.8. The van der Waals surface area contributed by atoms with Crippen LogP contribution in [0.5, 0.6) is 5.75 Å². The number of benzene rings is 1. The van der Waals surface area contributed by atoms with Gasteiger partial charge in [-0.05, 0) is 43.7 Å². The van der Waals surface area contributed by atoms with E-state index in [0.717, 1.165) is 43.7 Å². The molecule has 1 N–H and O–H groups in total. The number of aliphatic hydroxyl groups excluding tert-OH is 1. The zero-order valence-corrected chi connectivity index (χ0v) is 12.8. The Morgan fingerprint density at radius 1 is 1.43 bits per heavy atom. The predicted molar refractivity (Wildman–Crippen MR) is 82.3 cm³/mol. The Bertz CT molecular complexity index is 461. The van der Waals surface area contributed by atoms with E-state index >= 15 is 0 Å². The highest BCUT2D eigenvalue weighted by Gasteiger charge is 2.25. The standard InChI is InChI=1S/C17H25NO3/c1-2-21-16-6-4-3-5-15(16)7-8-17(20)18-11-9-14(13-18)10-12-19/h3-6,14,19H,2,7-13H2,1H3. The maximum Gasteiger partial charge on any atom is 0.222 e. The summed E-state index contributed by atoms with van der Waals surface area (Å²) in [6.07, 6.45) is 3.06. The van der Waals surface area contributed by atoms with Gasteiger partial charge in [0, 0.05) is 26.1 Å². The summed E-state index contributed by atoms with van der Waals surface area (Å²) >= 11 is 0. The van der Waals surface area contributed by atoms with Gasteiger partial charge in [0.15, 0.2) is 0 Å². The van der Waals surface area contributed by atoms with Crippen LogP contribution in [-0.4, -0.2) is 42.2 Å². The van der Waals surface area contributed by atoms with Gasteiger partial charge in [0.1, 0.15) is 5.75 Å². The van der Waals surface area contributed by atoms with Crippen LogP contribution in [0.4, 0.5) is 0 Å². The second-order valence-electron chi connectivity index (χ2n) is 5.55. The fourth-order valence-electron chi connectivity index (χ4n) is 2.88. The molecule has 1 aromatic carbocycles. The smallest absolute Gasteiger partial charge is 0.222 e. The fraction of sp³-hybridized carbons (Fsp3) is 0.588. The minimum Gasteiger partial charge on any atom is -0.494 e. The average Bonchev–Trinajstić information content (AvgIpc) is 2.95. The first kappa shape index (κ1) is 15.8. The summed E-state index contributed by atoms with van der Waals surface area (Å²) in [7, 11) is 0. The van der Waals surface area contributed by atoms with Gasteiger partial charge in [0.25, 0.3) is 0 Å². The van der Waals surface area contributed by atoms with Gasteiger partial charge in [-0.25, -0.2) is 0 Å².